The van der Waals surface area contributed by atoms with E-state index in [9.17, 15) is 9.90 Å². The van der Waals surface area contributed by atoms with E-state index >= 15 is 0 Å². The first-order valence-corrected chi connectivity index (χ1v) is 10.6. The number of fused-ring (bicyclic) bond motifs is 2. The van der Waals surface area contributed by atoms with Gasteiger partial charge in [0.1, 0.15) is 5.75 Å². The molecule has 2 aliphatic heterocycles. The molecule has 3 N–H and O–H groups in total. The van der Waals surface area contributed by atoms with Crippen LogP contribution in [0.5, 0.6) is 5.75 Å². The van der Waals surface area contributed by atoms with Crippen LogP contribution in [0.3, 0.4) is 0 Å². The second-order valence-corrected chi connectivity index (χ2v) is 8.58. The summed E-state index contributed by atoms with van der Waals surface area (Å²) in [4.78, 5) is 11.5. The number of hydrogen-bond donors (Lipinski definition) is 3. The first-order chi connectivity index (χ1) is 14.4. The molecule has 2 aliphatic rings. The zero-order chi connectivity index (χ0) is 21.3. The van der Waals surface area contributed by atoms with Crippen molar-refractivity contribution in [3.05, 3.63) is 75.9 Å². The Morgan fingerprint density at radius 2 is 1.97 bits per heavy atom. The van der Waals surface area contributed by atoms with E-state index < -0.39 is 5.97 Å². The molecule has 0 radical (unpaired) electrons. The van der Waals surface area contributed by atoms with E-state index in [1.165, 1.54) is 27.8 Å². The van der Waals surface area contributed by atoms with Crippen LogP contribution in [0.4, 0.5) is 0 Å². The molecule has 158 valence electrons. The van der Waals surface area contributed by atoms with Crippen LogP contribution < -0.4 is 15.4 Å². The van der Waals surface area contributed by atoms with Gasteiger partial charge in [-0.25, -0.2) is 4.79 Å². The van der Waals surface area contributed by atoms with Crippen LogP contribution in [-0.2, 0) is 16.8 Å². The van der Waals surface area contributed by atoms with Crippen LogP contribution in [0.15, 0.2) is 48.0 Å². The minimum absolute atomic E-state index is 0.154. The van der Waals surface area contributed by atoms with Gasteiger partial charge >= 0.3 is 5.97 Å². The first-order valence-electron chi connectivity index (χ1n) is 10.6. The Balaban J connectivity index is 1.42. The van der Waals surface area contributed by atoms with Crippen LogP contribution in [0.2, 0.25) is 0 Å². The Morgan fingerprint density at radius 3 is 2.70 bits per heavy atom. The van der Waals surface area contributed by atoms with Crippen LogP contribution >= 0.6 is 0 Å². The van der Waals surface area contributed by atoms with Crippen molar-refractivity contribution in [2.75, 3.05) is 19.7 Å². The van der Waals surface area contributed by atoms with Crippen LogP contribution in [0.25, 0.3) is 0 Å². The lowest BCUT2D eigenvalue weighted by molar-refractivity contribution is -0.133. The summed E-state index contributed by atoms with van der Waals surface area (Å²) >= 11 is 0. The molecule has 5 heteroatoms. The quantitative estimate of drug-likeness (QED) is 0.686. The number of carboxylic acids is 1. The molecule has 2 atom stereocenters. The standard InChI is InChI=1S/C25H30N2O3/c1-16-12-17(2)18(3)23(13-16)30-11-9-19-4-6-20(7-5-19)25-10-8-21(24(28)29)22(27-25)14-26-15-25/h4-8,12-13,22,26-27H,9-11,14-15H2,1-3H3,(H,28,29). The number of nitrogens with one attached hydrogen (secondary N) is 2. The highest BCUT2D eigenvalue weighted by molar-refractivity contribution is 5.88. The van der Waals surface area contributed by atoms with Gasteiger partial charge in [-0.2, -0.15) is 0 Å². The summed E-state index contributed by atoms with van der Waals surface area (Å²) in [5.74, 6) is 0.133. The third kappa shape index (κ3) is 4.00. The van der Waals surface area contributed by atoms with Crippen molar-refractivity contribution in [2.24, 2.45) is 0 Å². The minimum Gasteiger partial charge on any atom is -0.493 e. The smallest absolute Gasteiger partial charge is 0.332 e. The van der Waals surface area contributed by atoms with Gasteiger partial charge in [0.05, 0.1) is 23.8 Å². The predicted molar refractivity (Wildman–Crippen MR) is 118 cm³/mol. The molecule has 2 heterocycles. The Bertz CT molecular complexity index is 981. The van der Waals surface area contributed by atoms with Crippen molar-refractivity contribution in [3.8, 4) is 5.75 Å². The second kappa shape index (κ2) is 8.25. The highest BCUT2D eigenvalue weighted by Gasteiger charge is 2.42. The third-order valence-corrected chi connectivity index (χ3v) is 6.44. The maximum absolute atomic E-state index is 11.5. The molecule has 30 heavy (non-hydrogen) atoms. The van der Waals surface area contributed by atoms with Gasteiger partial charge in [0.25, 0.3) is 0 Å². The van der Waals surface area contributed by atoms with Gasteiger partial charge < -0.3 is 15.2 Å². The summed E-state index contributed by atoms with van der Waals surface area (Å²) in [5.41, 5.74) is 6.32. The van der Waals surface area contributed by atoms with E-state index in [2.05, 4.69) is 67.8 Å². The maximum atomic E-state index is 11.5. The average Bonchev–Trinajstić information content (AvgIpc) is 2.72. The van der Waals surface area contributed by atoms with E-state index in [1.807, 2.05) is 6.08 Å². The Kier molecular flexibility index (Phi) is 5.67. The van der Waals surface area contributed by atoms with Gasteiger partial charge in [-0.3, -0.25) is 5.32 Å². The van der Waals surface area contributed by atoms with E-state index in [-0.39, 0.29) is 11.6 Å². The molecule has 2 aromatic rings. The second-order valence-electron chi connectivity index (χ2n) is 8.58. The summed E-state index contributed by atoms with van der Waals surface area (Å²) in [6.45, 7) is 8.39. The number of piperazine rings is 1. The number of hydrogen-bond acceptors (Lipinski definition) is 4. The number of carboxylic acid groups (broad SMARTS) is 1. The highest BCUT2D eigenvalue weighted by atomic mass is 16.5. The molecule has 5 nitrogen and oxygen atoms in total. The molecule has 0 aromatic heterocycles. The van der Waals surface area contributed by atoms with Gasteiger partial charge in [-0.1, -0.05) is 36.4 Å². The lowest BCUT2D eigenvalue weighted by Crippen LogP contribution is -2.64. The van der Waals surface area contributed by atoms with Crippen molar-refractivity contribution < 1.29 is 14.6 Å². The first kappa shape index (κ1) is 20.6. The fourth-order valence-electron chi connectivity index (χ4n) is 4.57. The molecule has 2 bridgehead atoms. The van der Waals surface area contributed by atoms with E-state index in [4.69, 9.17) is 4.74 Å². The topological polar surface area (TPSA) is 70.6 Å². The molecule has 0 amide bonds. The lowest BCUT2D eigenvalue weighted by atomic mass is 9.78. The molecule has 0 spiro atoms. The zero-order valence-corrected chi connectivity index (χ0v) is 17.9. The summed E-state index contributed by atoms with van der Waals surface area (Å²) in [6, 6.07) is 12.8. The molecule has 4 rings (SSSR count). The Morgan fingerprint density at radius 1 is 1.20 bits per heavy atom. The van der Waals surface area contributed by atoms with Gasteiger partial charge in [0.15, 0.2) is 0 Å². The summed E-state index contributed by atoms with van der Waals surface area (Å²) < 4.78 is 6.06. The van der Waals surface area contributed by atoms with E-state index in [0.717, 1.165) is 18.7 Å². The number of aliphatic carboxylic acids is 1. The molecule has 0 saturated carbocycles. The Hall–Kier alpha value is -2.63. The SMILES string of the molecule is Cc1cc(C)c(C)c(OCCc2ccc(C34CC=C(C(=O)O)C(CNC3)N4)cc2)c1. The third-order valence-electron chi connectivity index (χ3n) is 6.44. The summed E-state index contributed by atoms with van der Waals surface area (Å²) in [7, 11) is 0. The molecular weight excluding hydrogens is 376 g/mol. The predicted octanol–water partition coefficient (Wildman–Crippen LogP) is 3.40. The van der Waals surface area contributed by atoms with Crippen molar-refractivity contribution in [1.29, 1.82) is 0 Å². The fourth-order valence-corrected chi connectivity index (χ4v) is 4.57. The molecule has 1 fully saturated rings. The molecular formula is C25H30N2O3. The average molecular weight is 407 g/mol. The largest absolute Gasteiger partial charge is 0.493 e. The van der Waals surface area contributed by atoms with Gasteiger partial charge in [0, 0.05) is 19.5 Å². The fraction of sp³-hybridized carbons (Fsp3) is 0.400. The van der Waals surface area contributed by atoms with Crippen molar-refractivity contribution >= 4 is 5.97 Å². The number of ether oxygens (including phenoxy) is 1. The minimum atomic E-state index is -0.834. The van der Waals surface area contributed by atoms with E-state index in [1.54, 1.807) is 0 Å². The summed E-state index contributed by atoms with van der Waals surface area (Å²) in [6.07, 6.45) is 3.40. The van der Waals surface area contributed by atoms with Crippen molar-refractivity contribution in [2.45, 2.75) is 45.2 Å². The highest BCUT2D eigenvalue weighted by Crippen LogP contribution is 2.33. The van der Waals surface area contributed by atoms with Crippen LogP contribution in [0.1, 0.15) is 34.2 Å². The van der Waals surface area contributed by atoms with Gasteiger partial charge in [-0.05, 0) is 61.1 Å². The Labute approximate surface area is 178 Å². The lowest BCUT2D eigenvalue weighted by Gasteiger charge is -2.46. The van der Waals surface area contributed by atoms with Gasteiger partial charge in [0.2, 0.25) is 0 Å². The zero-order valence-electron chi connectivity index (χ0n) is 17.9. The number of aryl methyl sites for hydroxylation is 2. The normalized spacial score (nSPS) is 23.0. The number of benzene rings is 2. The number of rotatable bonds is 6. The van der Waals surface area contributed by atoms with Crippen LogP contribution in [-0.4, -0.2) is 36.8 Å². The monoisotopic (exact) mass is 406 g/mol. The molecule has 2 unspecified atom stereocenters. The van der Waals surface area contributed by atoms with Crippen molar-refractivity contribution in [1.82, 2.24) is 10.6 Å². The van der Waals surface area contributed by atoms with E-state index in [0.29, 0.717) is 25.1 Å². The number of carbonyl (C=O) groups is 1. The molecule has 1 saturated heterocycles. The van der Waals surface area contributed by atoms with Gasteiger partial charge in [-0.15, -0.1) is 0 Å². The maximum Gasteiger partial charge on any atom is 0.332 e. The molecule has 2 aromatic carbocycles. The molecule has 0 aliphatic carbocycles. The summed E-state index contributed by atoms with van der Waals surface area (Å²) in [5, 5.41) is 16.4. The van der Waals surface area contributed by atoms with Crippen LogP contribution in [0, 0.1) is 20.8 Å². The van der Waals surface area contributed by atoms with Crippen molar-refractivity contribution in [3.63, 3.8) is 0 Å².